The number of aryl methyl sites for hydroxylation is 2. The van der Waals surface area contributed by atoms with Gasteiger partial charge >= 0.3 is 0 Å². The summed E-state index contributed by atoms with van der Waals surface area (Å²) in [5.41, 5.74) is 5.91. The van der Waals surface area contributed by atoms with Crippen molar-refractivity contribution in [2.75, 3.05) is 5.32 Å². The predicted octanol–water partition coefficient (Wildman–Crippen LogP) is 8.12. The van der Waals surface area contributed by atoms with E-state index in [0.29, 0.717) is 6.42 Å². The van der Waals surface area contributed by atoms with Gasteiger partial charge in [-0.05, 0) is 60.2 Å². The highest BCUT2D eigenvalue weighted by Gasteiger charge is 2.29. The molecule has 0 saturated carbocycles. The Morgan fingerprint density at radius 3 is 2.18 bits per heavy atom. The fourth-order valence-corrected chi connectivity index (χ4v) is 5.19. The summed E-state index contributed by atoms with van der Waals surface area (Å²) in [6, 6.07) is 32.0. The Hall–Kier alpha value is -4.44. The first-order valence-electron chi connectivity index (χ1n) is 13.6. The maximum absolute atomic E-state index is 13.5. The number of carbonyl (C=O) groups is 2. The van der Waals surface area contributed by atoms with E-state index in [1.54, 1.807) is 6.08 Å². The van der Waals surface area contributed by atoms with Crippen LogP contribution in [0.2, 0.25) is 0 Å². The second-order valence-corrected chi connectivity index (χ2v) is 9.86. The van der Waals surface area contributed by atoms with Crippen molar-refractivity contribution in [1.29, 1.82) is 0 Å². The third kappa shape index (κ3) is 6.35. The van der Waals surface area contributed by atoms with Crippen LogP contribution in [0.3, 0.4) is 0 Å². The molecule has 1 aliphatic rings. The molecule has 4 aromatic carbocycles. The summed E-state index contributed by atoms with van der Waals surface area (Å²) in [4.78, 5) is 26.1. The van der Waals surface area contributed by atoms with E-state index in [4.69, 9.17) is 4.74 Å². The largest absolute Gasteiger partial charge is 0.457 e. The van der Waals surface area contributed by atoms with Crippen LogP contribution in [-0.2, 0) is 22.4 Å². The molecule has 4 aromatic rings. The van der Waals surface area contributed by atoms with E-state index in [2.05, 4.69) is 24.4 Å². The molecule has 1 N–H and O–H groups in total. The Labute approximate surface area is 230 Å². The fourth-order valence-electron chi connectivity index (χ4n) is 5.19. The van der Waals surface area contributed by atoms with Gasteiger partial charge in [0.05, 0.1) is 5.69 Å². The number of ketones is 1. The zero-order valence-electron chi connectivity index (χ0n) is 22.2. The zero-order chi connectivity index (χ0) is 27.0. The lowest BCUT2D eigenvalue weighted by atomic mass is 9.85. The number of anilines is 1. The molecule has 0 unspecified atom stereocenters. The van der Waals surface area contributed by atoms with Crippen LogP contribution in [0.5, 0.6) is 11.5 Å². The number of hydrogen-bond donors (Lipinski definition) is 1. The molecule has 0 saturated heterocycles. The van der Waals surface area contributed by atoms with Gasteiger partial charge in [0.15, 0.2) is 5.78 Å². The monoisotopic (exact) mass is 515 g/mol. The van der Waals surface area contributed by atoms with Gasteiger partial charge in [0.1, 0.15) is 11.5 Å². The molecular weight excluding hydrogens is 482 g/mol. The number of carbonyl (C=O) groups excluding carboxylic acids is 2. The van der Waals surface area contributed by atoms with E-state index in [9.17, 15) is 9.59 Å². The average Bonchev–Trinajstić information content (AvgIpc) is 2.97. The van der Waals surface area contributed by atoms with E-state index < -0.39 is 0 Å². The SMILES string of the molecule is CCc1cccc(/C=C/C(=O)CCCc2ccccc2)c1NC(=O)CC1c2ccccc2Oc2ccccc21. The Kier molecular flexibility index (Phi) is 8.33. The normalized spacial score (nSPS) is 12.4. The average molecular weight is 516 g/mol. The summed E-state index contributed by atoms with van der Waals surface area (Å²) in [7, 11) is 0. The van der Waals surface area contributed by atoms with Crippen molar-refractivity contribution in [2.45, 2.75) is 44.9 Å². The van der Waals surface area contributed by atoms with E-state index in [-0.39, 0.29) is 24.0 Å². The van der Waals surface area contributed by atoms with Gasteiger partial charge in [0, 0.05) is 29.9 Å². The molecule has 1 amide bonds. The Morgan fingerprint density at radius 2 is 1.49 bits per heavy atom. The summed E-state index contributed by atoms with van der Waals surface area (Å²) in [6.07, 6.45) is 6.70. The standard InChI is InChI=1S/C35H33NO3/c1-2-26-15-11-16-27(22-23-28(37)17-10-14-25-12-4-3-5-13-25)35(26)36-34(38)24-31-29-18-6-8-20-32(29)39-33-21-9-7-19-30(31)33/h3-9,11-13,15-16,18-23,31H,2,10,14,17,24H2,1H3,(H,36,38)/b23-22+. The molecule has 1 heterocycles. The lowest BCUT2D eigenvalue weighted by molar-refractivity contribution is -0.116. The first kappa shape index (κ1) is 26.2. The third-order valence-electron chi connectivity index (χ3n) is 7.21. The van der Waals surface area contributed by atoms with E-state index in [1.807, 2.05) is 91.0 Å². The maximum Gasteiger partial charge on any atom is 0.225 e. The van der Waals surface area contributed by atoms with Gasteiger partial charge in [-0.1, -0.05) is 91.9 Å². The predicted molar refractivity (Wildman–Crippen MR) is 157 cm³/mol. The van der Waals surface area contributed by atoms with Gasteiger partial charge in [-0.2, -0.15) is 0 Å². The van der Waals surface area contributed by atoms with Gasteiger partial charge < -0.3 is 10.1 Å². The zero-order valence-corrected chi connectivity index (χ0v) is 22.2. The van der Waals surface area contributed by atoms with Crippen LogP contribution in [0.25, 0.3) is 6.08 Å². The number of benzene rings is 4. The third-order valence-corrected chi connectivity index (χ3v) is 7.21. The quantitative estimate of drug-likeness (QED) is 0.217. The Morgan fingerprint density at radius 1 is 0.821 bits per heavy atom. The number of ether oxygens (including phenoxy) is 1. The van der Waals surface area contributed by atoms with Crippen LogP contribution in [0.4, 0.5) is 5.69 Å². The molecule has 196 valence electrons. The second-order valence-electron chi connectivity index (χ2n) is 9.86. The molecule has 0 fully saturated rings. The molecule has 4 heteroatoms. The fraction of sp³-hybridized carbons (Fsp3) is 0.200. The number of allylic oxidation sites excluding steroid dienone is 1. The van der Waals surface area contributed by atoms with Crippen LogP contribution in [-0.4, -0.2) is 11.7 Å². The highest BCUT2D eigenvalue weighted by Crippen LogP contribution is 2.45. The molecule has 0 spiro atoms. The Balaban J connectivity index is 1.30. The van der Waals surface area contributed by atoms with Crippen molar-refractivity contribution in [1.82, 2.24) is 0 Å². The first-order valence-corrected chi connectivity index (χ1v) is 13.6. The molecule has 0 bridgehead atoms. The number of nitrogens with one attached hydrogen (secondary N) is 1. The topological polar surface area (TPSA) is 55.4 Å². The van der Waals surface area contributed by atoms with Gasteiger partial charge in [-0.25, -0.2) is 0 Å². The number of hydrogen-bond acceptors (Lipinski definition) is 3. The second kappa shape index (κ2) is 12.4. The maximum atomic E-state index is 13.5. The van der Waals surface area contributed by atoms with Crippen molar-refractivity contribution >= 4 is 23.5 Å². The van der Waals surface area contributed by atoms with Crippen molar-refractivity contribution in [3.05, 3.63) is 131 Å². The molecule has 1 aliphatic heterocycles. The number of fused-ring (bicyclic) bond motifs is 2. The van der Waals surface area contributed by atoms with Crippen molar-refractivity contribution in [3.8, 4) is 11.5 Å². The van der Waals surface area contributed by atoms with E-state index in [1.165, 1.54) is 5.56 Å². The van der Waals surface area contributed by atoms with Crippen LogP contribution in [0.15, 0.2) is 103 Å². The molecular formula is C35H33NO3. The summed E-state index contributed by atoms with van der Waals surface area (Å²) in [5.74, 6) is 1.48. The molecule has 39 heavy (non-hydrogen) atoms. The van der Waals surface area contributed by atoms with Crippen molar-refractivity contribution < 1.29 is 14.3 Å². The highest BCUT2D eigenvalue weighted by molar-refractivity contribution is 5.98. The first-order chi connectivity index (χ1) is 19.1. The van der Waals surface area contributed by atoms with Gasteiger partial charge in [0.25, 0.3) is 0 Å². The van der Waals surface area contributed by atoms with Crippen LogP contribution < -0.4 is 10.1 Å². The van der Waals surface area contributed by atoms with Crippen LogP contribution >= 0.6 is 0 Å². The number of amides is 1. The lowest BCUT2D eigenvalue weighted by Gasteiger charge is -2.28. The van der Waals surface area contributed by atoms with Gasteiger partial charge in [-0.15, -0.1) is 0 Å². The minimum atomic E-state index is -0.106. The smallest absolute Gasteiger partial charge is 0.225 e. The van der Waals surface area contributed by atoms with E-state index >= 15 is 0 Å². The van der Waals surface area contributed by atoms with E-state index in [0.717, 1.165) is 58.7 Å². The van der Waals surface area contributed by atoms with Gasteiger partial charge in [0.2, 0.25) is 5.91 Å². The highest BCUT2D eigenvalue weighted by atomic mass is 16.5. The summed E-state index contributed by atoms with van der Waals surface area (Å²) < 4.78 is 6.10. The molecule has 0 aliphatic carbocycles. The Bertz CT molecular complexity index is 1440. The molecule has 0 radical (unpaired) electrons. The summed E-state index contributed by atoms with van der Waals surface area (Å²) >= 11 is 0. The minimum absolute atomic E-state index is 0.0729. The van der Waals surface area contributed by atoms with Crippen molar-refractivity contribution in [2.24, 2.45) is 0 Å². The van der Waals surface area contributed by atoms with Crippen molar-refractivity contribution in [3.63, 3.8) is 0 Å². The lowest BCUT2D eigenvalue weighted by Crippen LogP contribution is -2.20. The van der Waals surface area contributed by atoms with Gasteiger partial charge in [-0.3, -0.25) is 9.59 Å². The molecule has 0 atom stereocenters. The summed E-state index contributed by atoms with van der Waals surface area (Å²) in [6.45, 7) is 2.07. The summed E-state index contributed by atoms with van der Waals surface area (Å²) in [5, 5.41) is 3.19. The minimum Gasteiger partial charge on any atom is -0.457 e. The number of para-hydroxylation sites is 3. The van der Waals surface area contributed by atoms with Crippen LogP contribution in [0, 0.1) is 0 Å². The molecule has 5 rings (SSSR count). The molecule has 0 aromatic heterocycles. The molecule has 4 nitrogen and oxygen atoms in total. The van der Waals surface area contributed by atoms with Crippen LogP contribution in [0.1, 0.15) is 59.9 Å². The number of rotatable bonds is 10.